The zero-order chi connectivity index (χ0) is 19.0. The number of amides is 1. The Balaban J connectivity index is 2.88. The highest BCUT2D eigenvalue weighted by atomic mass is 16.5. The van der Waals surface area contributed by atoms with Crippen molar-refractivity contribution in [1.82, 2.24) is 10.6 Å². The topological polar surface area (TPSA) is 104 Å². The van der Waals surface area contributed by atoms with Crippen molar-refractivity contribution in [1.29, 1.82) is 5.26 Å². The summed E-state index contributed by atoms with van der Waals surface area (Å²) in [5.41, 5.74) is 0.109. The Kier molecular flexibility index (Phi) is 7.27. The number of methoxy groups -OCH3 is 2. The monoisotopic (exact) mass is 347 g/mol. The second-order valence-electron chi connectivity index (χ2n) is 6.17. The van der Waals surface area contributed by atoms with Crippen LogP contribution in [0.1, 0.15) is 32.4 Å². The van der Waals surface area contributed by atoms with Crippen LogP contribution >= 0.6 is 0 Å². The van der Waals surface area contributed by atoms with E-state index in [1.54, 1.807) is 40.0 Å². The standard InChI is InChI=1S/C18H25N3O4/c1-12(13-6-7-15(24-4)16(8-13)25-5)21-17(23)14(9-19)10-20-18(2,3)11-22/h6-8,10,12,20,22H,11H2,1-5H3,(H,21,23)/b14-10-. The smallest absolute Gasteiger partial charge is 0.263 e. The van der Waals surface area contributed by atoms with Crippen molar-refractivity contribution in [3.05, 3.63) is 35.5 Å². The van der Waals surface area contributed by atoms with E-state index in [9.17, 15) is 15.2 Å². The fraction of sp³-hybridized carbons (Fsp3) is 0.444. The minimum absolute atomic E-state index is 0.0751. The Morgan fingerprint density at radius 2 is 2.00 bits per heavy atom. The average Bonchev–Trinajstić information content (AvgIpc) is 2.61. The molecule has 1 rings (SSSR count). The van der Waals surface area contributed by atoms with Crippen molar-refractivity contribution in [3.8, 4) is 17.6 Å². The van der Waals surface area contributed by atoms with Crippen molar-refractivity contribution in [2.24, 2.45) is 0 Å². The summed E-state index contributed by atoms with van der Waals surface area (Å²) in [4.78, 5) is 12.3. The number of benzene rings is 1. The average molecular weight is 347 g/mol. The van der Waals surface area contributed by atoms with Crippen molar-refractivity contribution >= 4 is 5.91 Å². The molecule has 0 saturated heterocycles. The van der Waals surface area contributed by atoms with Crippen LogP contribution in [0.2, 0.25) is 0 Å². The Morgan fingerprint density at radius 1 is 1.36 bits per heavy atom. The van der Waals surface area contributed by atoms with E-state index in [4.69, 9.17) is 9.47 Å². The van der Waals surface area contributed by atoms with Gasteiger partial charge in [0.05, 0.1) is 32.4 Å². The molecular formula is C18H25N3O4. The largest absolute Gasteiger partial charge is 0.493 e. The second kappa shape index (κ2) is 8.94. The molecule has 0 aliphatic rings. The van der Waals surface area contributed by atoms with Crippen molar-refractivity contribution in [2.75, 3.05) is 20.8 Å². The van der Waals surface area contributed by atoms with Crippen molar-refractivity contribution in [2.45, 2.75) is 32.4 Å². The molecule has 1 amide bonds. The third kappa shape index (κ3) is 5.69. The molecule has 1 aromatic rings. The number of aliphatic hydroxyl groups is 1. The summed E-state index contributed by atoms with van der Waals surface area (Å²) in [6, 6.07) is 6.86. The van der Waals surface area contributed by atoms with Crippen LogP contribution in [0.5, 0.6) is 11.5 Å². The molecule has 0 aromatic heterocycles. The van der Waals surface area contributed by atoms with Crippen LogP contribution in [0, 0.1) is 11.3 Å². The van der Waals surface area contributed by atoms with Gasteiger partial charge in [0.1, 0.15) is 11.6 Å². The maximum atomic E-state index is 12.3. The van der Waals surface area contributed by atoms with Crippen LogP contribution in [0.3, 0.4) is 0 Å². The minimum Gasteiger partial charge on any atom is -0.493 e. The fourth-order valence-corrected chi connectivity index (χ4v) is 1.94. The van der Waals surface area contributed by atoms with Gasteiger partial charge < -0.3 is 25.2 Å². The first kappa shape index (κ1) is 20.3. The number of hydrogen-bond acceptors (Lipinski definition) is 6. The molecule has 0 saturated carbocycles. The molecule has 0 bridgehead atoms. The number of aliphatic hydroxyl groups excluding tert-OH is 1. The van der Waals surface area contributed by atoms with E-state index >= 15 is 0 Å². The summed E-state index contributed by atoms with van der Waals surface area (Å²) in [5.74, 6) is 0.646. The van der Waals surface area contributed by atoms with Gasteiger partial charge in [0.15, 0.2) is 11.5 Å². The first-order valence-corrected chi connectivity index (χ1v) is 7.79. The number of carbonyl (C=O) groups is 1. The van der Waals surface area contributed by atoms with Crippen LogP contribution in [0.15, 0.2) is 30.0 Å². The zero-order valence-electron chi connectivity index (χ0n) is 15.2. The summed E-state index contributed by atoms with van der Waals surface area (Å²) in [6.07, 6.45) is 1.31. The lowest BCUT2D eigenvalue weighted by molar-refractivity contribution is -0.117. The molecule has 1 aromatic carbocycles. The number of carbonyl (C=O) groups excluding carboxylic acids is 1. The van der Waals surface area contributed by atoms with Gasteiger partial charge in [-0.1, -0.05) is 6.07 Å². The molecule has 25 heavy (non-hydrogen) atoms. The van der Waals surface area contributed by atoms with Gasteiger partial charge in [0.2, 0.25) is 0 Å². The third-order valence-corrected chi connectivity index (χ3v) is 3.62. The van der Waals surface area contributed by atoms with E-state index in [1.165, 1.54) is 13.3 Å². The number of nitriles is 1. The van der Waals surface area contributed by atoms with Gasteiger partial charge >= 0.3 is 0 Å². The quantitative estimate of drug-likeness (QED) is 0.488. The maximum Gasteiger partial charge on any atom is 0.263 e. The third-order valence-electron chi connectivity index (χ3n) is 3.62. The lowest BCUT2D eigenvalue weighted by atomic mass is 10.1. The molecule has 7 heteroatoms. The van der Waals surface area contributed by atoms with Gasteiger partial charge in [-0.25, -0.2) is 0 Å². The SMILES string of the molecule is COc1ccc(C(C)NC(=O)/C(C#N)=C\NC(C)(C)CO)cc1OC. The van der Waals surface area contributed by atoms with E-state index in [-0.39, 0.29) is 18.2 Å². The lowest BCUT2D eigenvalue weighted by Gasteiger charge is -2.22. The van der Waals surface area contributed by atoms with Gasteiger partial charge in [0, 0.05) is 6.20 Å². The summed E-state index contributed by atoms with van der Waals surface area (Å²) in [5, 5.41) is 24.0. The molecule has 0 fully saturated rings. The van der Waals surface area contributed by atoms with Crippen LogP contribution in [0.4, 0.5) is 0 Å². The van der Waals surface area contributed by atoms with E-state index in [1.807, 2.05) is 12.1 Å². The zero-order valence-corrected chi connectivity index (χ0v) is 15.2. The number of ether oxygens (including phenoxy) is 2. The van der Waals surface area contributed by atoms with Crippen LogP contribution in [0.25, 0.3) is 0 Å². The molecule has 0 aliphatic heterocycles. The molecule has 0 heterocycles. The van der Waals surface area contributed by atoms with Gasteiger partial charge in [-0.05, 0) is 38.5 Å². The normalized spacial score (nSPS) is 12.8. The predicted octanol–water partition coefficient (Wildman–Crippen LogP) is 1.65. The van der Waals surface area contributed by atoms with Crippen LogP contribution in [-0.2, 0) is 4.79 Å². The highest BCUT2D eigenvalue weighted by Gasteiger charge is 2.18. The fourth-order valence-electron chi connectivity index (χ4n) is 1.94. The summed E-state index contributed by atoms with van der Waals surface area (Å²) < 4.78 is 10.4. The lowest BCUT2D eigenvalue weighted by Crippen LogP contribution is -2.40. The molecule has 0 spiro atoms. The summed E-state index contributed by atoms with van der Waals surface area (Å²) >= 11 is 0. The Bertz CT molecular complexity index is 677. The number of nitrogens with one attached hydrogen (secondary N) is 2. The second-order valence-corrected chi connectivity index (χ2v) is 6.17. The van der Waals surface area contributed by atoms with Gasteiger partial charge in [-0.2, -0.15) is 5.26 Å². The molecular weight excluding hydrogens is 322 g/mol. The van der Waals surface area contributed by atoms with E-state index in [0.717, 1.165) is 5.56 Å². The minimum atomic E-state index is -0.628. The molecule has 1 unspecified atom stereocenters. The van der Waals surface area contributed by atoms with E-state index in [2.05, 4.69) is 10.6 Å². The van der Waals surface area contributed by atoms with Crippen LogP contribution in [-0.4, -0.2) is 37.4 Å². The van der Waals surface area contributed by atoms with E-state index in [0.29, 0.717) is 11.5 Å². The first-order valence-electron chi connectivity index (χ1n) is 7.79. The Hall–Kier alpha value is -2.72. The molecule has 1 atom stereocenters. The summed E-state index contributed by atoms with van der Waals surface area (Å²) in [6.45, 7) is 5.18. The number of hydrogen-bond donors (Lipinski definition) is 3. The predicted molar refractivity (Wildman–Crippen MR) is 94.1 cm³/mol. The van der Waals surface area contributed by atoms with E-state index < -0.39 is 11.4 Å². The molecule has 136 valence electrons. The number of nitrogens with zero attached hydrogens (tertiary/aromatic N) is 1. The highest BCUT2D eigenvalue weighted by Crippen LogP contribution is 2.29. The number of rotatable bonds is 8. The molecule has 0 aliphatic carbocycles. The van der Waals surface area contributed by atoms with Crippen molar-refractivity contribution < 1.29 is 19.4 Å². The Labute approximate surface area is 148 Å². The maximum absolute atomic E-state index is 12.3. The van der Waals surface area contributed by atoms with Crippen LogP contribution < -0.4 is 20.1 Å². The first-order chi connectivity index (χ1) is 11.8. The van der Waals surface area contributed by atoms with Gasteiger partial charge in [-0.15, -0.1) is 0 Å². The molecule has 3 N–H and O–H groups in total. The molecule has 7 nitrogen and oxygen atoms in total. The highest BCUT2D eigenvalue weighted by molar-refractivity contribution is 5.97. The van der Waals surface area contributed by atoms with Crippen molar-refractivity contribution in [3.63, 3.8) is 0 Å². The molecule has 0 radical (unpaired) electrons. The van der Waals surface area contributed by atoms with Gasteiger partial charge in [0.25, 0.3) is 5.91 Å². The summed E-state index contributed by atoms with van der Waals surface area (Å²) in [7, 11) is 3.09. The Morgan fingerprint density at radius 3 is 2.52 bits per heavy atom. The van der Waals surface area contributed by atoms with Gasteiger partial charge in [-0.3, -0.25) is 4.79 Å².